The molecular formula is C20H22Br2N4O4. The molecule has 1 aliphatic rings. The molecule has 10 heteroatoms. The fraction of sp³-hybridized carbons (Fsp3) is 0.400. The summed E-state index contributed by atoms with van der Waals surface area (Å²) in [5, 5.41) is 5.66. The Labute approximate surface area is 190 Å². The van der Waals surface area contributed by atoms with E-state index in [0.717, 1.165) is 8.95 Å². The van der Waals surface area contributed by atoms with Crippen LogP contribution in [0.4, 0.5) is 0 Å². The third-order valence-corrected chi connectivity index (χ3v) is 6.50. The standard InChI is InChI=1S/C20H22Br2N4O4/c1-9(27)17-13(7-25-19(29)15-3-11(21)5-23-15)14(18(17)10(2)28)8-26-20(30)16-4-12(22)6-24-16/h3-6,13-14,17-18,23-24H,7-8H2,1-2H3,(H,25,29)(H,26,30). The van der Waals surface area contributed by atoms with Gasteiger partial charge in [-0.3, -0.25) is 19.2 Å². The van der Waals surface area contributed by atoms with E-state index in [1.54, 1.807) is 24.5 Å². The second-order valence-electron chi connectivity index (χ2n) is 7.48. The first-order chi connectivity index (χ1) is 14.2. The fourth-order valence-corrected chi connectivity index (χ4v) is 4.88. The Bertz CT molecular complexity index is 905. The van der Waals surface area contributed by atoms with Crippen LogP contribution in [-0.4, -0.2) is 46.4 Å². The molecule has 0 radical (unpaired) electrons. The summed E-state index contributed by atoms with van der Waals surface area (Å²) in [5.41, 5.74) is 0.789. The van der Waals surface area contributed by atoms with Crippen molar-refractivity contribution in [2.24, 2.45) is 23.7 Å². The van der Waals surface area contributed by atoms with Gasteiger partial charge >= 0.3 is 0 Å². The normalized spacial score (nSPS) is 22.8. The van der Waals surface area contributed by atoms with E-state index in [0.29, 0.717) is 11.4 Å². The van der Waals surface area contributed by atoms with E-state index in [4.69, 9.17) is 0 Å². The second-order valence-corrected chi connectivity index (χ2v) is 9.32. The molecule has 2 amide bonds. The number of halogens is 2. The lowest BCUT2D eigenvalue weighted by Crippen LogP contribution is -2.59. The molecule has 160 valence electrons. The van der Waals surface area contributed by atoms with Gasteiger partial charge in [0, 0.05) is 46.3 Å². The Hall–Kier alpha value is -2.20. The third-order valence-electron chi connectivity index (χ3n) is 5.58. The van der Waals surface area contributed by atoms with Crippen LogP contribution in [0.3, 0.4) is 0 Å². The summed E-state index contributed by atoms with van der Waals surface area (Å²) in [6.45, 7) is 3.39. The number of hydrogen-bond donors (Lipinski definition) is 4. The first kappa shape index (κ1) is 22.5. The molecule has 0 spiro atoms. The van der Waals surface area contributed by atoms with Gasteiger partial charge < -0.3 is 20.6 Å². The summed E-state index contributed by atoms with van der Waals surface area (Å²) in [6.07, 6.45) is 3.30. The summed E-state index contributed by atoms with van der Waals surface area (Å²) < 4.78 is 1.51. The van der Waals surface area contributed by atoms with Crippen molar-refractivity contribution in [3.8, 4) is 0 Å². The van der Waals surface area contributed by atoms with Gasteiger partial charge in [0.25, 0.3) is 11.8 Å². The highest BCUT2D eigenvalue weighted by Gasteiger charge is 2.54. The lowest BCUT2D eigenvalue weighted by Gasteiger charge is -2.50. The number of ketones is 2. The summed E-state index contributed by atoms with van der Waals surface area (Å²) >= 11 is 6.57. The molecule has 30 heavy (non-hydrogen) atoms. The van der Waals surface area contributed by atoms with Crippen LogP contribution in [0.2, 0.25) is 0 Å². The number of Topliss-reactive ketones (excluding diaryl/α,β-unsaturated/α-hetero) is 2. The van der Waals surface area contributed by atoms with E-state index in [-0.39, 0.29) is 48.3 Å². The predicted molar refractivity (Wildman–Crippen MR) is 117 cm³/mol. The van der Waals surface area contributed by atoms with Crippen LogP contribution in [0.25, 0.3) is 0 Å². The van der Waals surface area contributed by atoms with Gasteiger partial charge in [-0.2, -0.15) is 0 Å². The summed E-state index contributed by atoms with van der Waals surface area (Å²) in [5.74, 6) is -2.20. The molecule has 0 saturated heterocycles. The van der Waals surface area contributed by atoms with Gasteiger partial charge in [0.05, 0.1) is 0 Å². The highest BCUT2D eigenvalue weighted by atomic mass is 79.9. The van der Waals surface area contributed by atoms with E-state index in [2.05, 4.69) is 52.5 Å². The fourth-order valence-electron chi connectivity index (χ4n) is 4.19. The molecule has 3 rings (SSSR count). The molecule has 0 aromatic carbocycles. The molecule has 1 saturated carbocycles. The number of H-pyrrole nitrogens is 2. The number of carbonyl (C=O) groups excluding carboxylic acids is 4. The van der Waals surface area contributed by atoms with Crippen molar-refractivity contribution in [2.75, 3.05) is 13.1 Å². The minimum absolute atomic E-state index is 0.0899. The van der Waals surface area contributed by atoms with Gasteiger partial charge in [-0.05, 0) is 69.7 Å². The quantitative estimate of drug-likeness (QED) is 0.410. The van der Waals surface area contributed by atoms with Crippen molar-refractivity contribution < 1.29 is 19.2 Å². The number of amides is 2. The van der Waals surface area contributed by atoms with Gasteiger partial charge in [0.2, 0.25) is 0 Å². The number of carbonyl (C=O) groups is 4. The first-order valence-corrected chi connectivity index (χ1v) is 11.0. The summed E-state index contributed by atoms with van der Waals surface area (Å²) in [6, 6.07) is 3.31. The zero-order chi connectivity index (χ0) is 22.0. The van der Waals surface area contributed by atoms with Crippen LogP contribution < -0.4 is 10.6 Å². The molecular weight excluding hydrogens is 520 g/mol. The number of aromatic nitrogens is 2. The summed E-state index contributed by atoms with van der Waals surface area (Å²) in [7, 11) is 0. The van der Waals surface area contributed by atoms with Crippen LogP contribution >= 0.6 is 31.9 Å². The van der Waals surface area contributed by atoms with E-state index >= 15 is 0 Å². The Morgan fingerprint density at radius 2 is 1.17 bits per heavy atom. The van der Waals surface area contributed by atoms with Gasteiger partial charge in [-0.25, -0.2) is 0 Å². The number of hydrogen-bond acceptors (Lipinski definition) is 4. The lowest BCUT2D eigenvalue weighted by molar-refractivity contribution is -0.148. The molecule has 1 fully saturated rings. The maximum atomic E-state index is 12.4. The maximum Gasteiger partial charge on any atom is 0.267 e. The minimum atomic E-state index is -0.472. The zero-order valence-corrected chi connectivity index (χ0v) is 19.6. The highest BCUT2D eigenvalue weighted by Crippen LogP contribution is 2.46. The second kappa shape index (κ2) is 9.30. The largest absolute Gasteiger partial charge is 0.356 e. The number of rotatable bonds is 8. The minimum Gasteiger partial charge on any atom is -0.356 e. The smallest absolute Gasteiger partial charge is 0.267 e. The molecule has 8 nitrogen and oxygen atoms in total. The van der Waals surface area contributed by atoms with Gasteiger partial charge in [-0.15, -0.1) is 0 Å². The van der Waals surface area contributed by atoms with Crippen molar-refractivity contribution >= 4 is 55.2 Å². The molecule has 4 N–H and O–H groups in total. The van der Waals surface area contributed by atoms with Gasteiger partial charge in [0.15, 0.2) is 0 Å². The molecule has 0 bridgehead atoms. The maximum absolute atomic E-state index is 12.4. The highest BCUT2D eigenvalue weighted by molar-refractivity contribution is 9.10. The van der Waals surface area contributed by atoms with Crippen molar-refractivity contribution in [2.45, 2.75) is 13.8 Å². The average molecular weight is 542 g/mol. The van der Waals surface area contributed by atoms with E-state index < -0.39 is 11.8 Å². The van der Waals surface area contributed by atoms with Crippen LogP contribution in [0.1, 0.15) is 34.8 Å². The van der Waals surface area contributed by atoms with E-state index in [1.165, 1.54) is 13.8 Å². The monoisotopic (exact) mass is 540 g/mol. The average Bonchev–Trinajstić information content (AvgIpc) is 3.28. The van der Waals surface area contributed by atoms with Crippen LogP contribution in [0, 0.1) is 23.7 Å². The molecule has 0 aliphatic heterocycles. The lowest BCUT2D eigenvalue weighted by atomic mass is 9.54. The van der Waals surface area contributed by atoms with E-state index in [9.17, 15) is 19.2 Å². The molecule has 4 unspecified atom stereocenters. The van der Waals surface area contributed by atoms with Crippen LogP contribution in [-0.2, 0) is 9.59 Å². The Kier molecular flexibility index (Phi) is 6.97. The zero-order valence-electron chi connectivity index (χ0n) is 16.4. The van der Waals surface area contributed by atoms with Crippen molar-refractivity contribution in [3.63, 3.8) is 0 Å². The summed E-state index contributed by atoms with van der Waals surface area (Å²) in [4.78, 5) is 54.8. The topological polar surface area (TPSA) is 124 Å². The van der Waals surface area contributed by atoms with Crippen molar-refractivity contribution in [1.82, 2.24) is 20.6 Å². The predicted octanol–water partition coefficient (Wildman–Crippen LogP) is 2.68. The first-order valence-electron chi connectivity index (χ1n) is 9.44. The van der Waals surface area contributed by atoms with Gasteiger partial charge in [0.1, 0.15) is 23.0 Å². The Morgan fingerprint density at radius 1 is 0.800 bits per heavy atom. The molecule has 2 aromatic rings. The Balaban J connectivity index is 1.68. The molecule has 4 atom stereocenters. The van der Waals surface area contributed by atoms with Crippen LogP contribution in [0.15, 0.2) is 33.5 Å². The number of nitrogens with one attached hydrogen (secondary N) is 4. The van der Waals surface area contributed by atoms with E-state index in [1.807, 2.05) is 0 Å². The molecule has 1 aliphatic carbocycles. The van der Waals surface area contributed by atoms with Crippen molar-refractivity contribution in [3.05, 3.63) is 44.9 Å². The molecule has 2 aromatic heterocycles. The SMILES string of the molecule is CC(=O)C1C(CNC(=O)c2cc(Br)c[nH]2)C(CNC(=O)c2cc(Br)c[nH]2)C1C(C)=O. The molecule has 2 heterocycles. The van der Waals surface area contributed by atoms with Gasteiger partial charge in [-0.1, -0.05) is 0 Å². The number of aromatic amines is 2. The third kappa shape index (κ3) is 4.75. The van der Waals surface area contributed by atoms with Crippen molar-refractivity contribution in [1.29, 1.82) is 0 Å². The Morgan fingerprint density at radius 3 is 1.43 bits per heavy atom. The van der Waals surface area contributed by atoms with Crippen LogP contribution in [0.5, 0.6) is 0 Å².